The van der Waals surface area contributed by atoms with Crippen LogP contribution in [0.4, 0.5) is 5.13 Å². The van der Waals surface area contributed by atoms with E-state index in [1.807, 2.05) is 32.0 Å². The monoisotopic (exact) mass is 399 g/mol. The van der Waals surface area contributed by atoms with Gasteiger partial charge in [0.05, 0.1) is 6.54 Å². The summed E-state index contributed by atoms with van der Waals surface area (Å²) >= 11 is 1.30. The maximum atomic E-state index is 12.1. The number of benzene rings is 1. The second-order valence-corrected chi connectivity index (χ2v) is 7.15. The van der Waals surface area contributed by atoms with Crippen molar-refractivity contribution in [1.29, 1.82) is 0 Å². The van der Waals surface area contributed by atoms with Crippen LogP contribution < -0.4 is 15.4 Å². The van der Waals surface area contributed by atoms with Gasteiger partial charge in [-0.05, 0) is 49.2 Å². The van der Waals surface area contributed by atoms with Gasteiger partial charge in [0.25, 0.3) is 5.91 Å². The lowest BCUT2D eigenvalue weighted by molar-refractivity contribution is -0.119. The zero-order valence-corrected chi connectivity index (χ0v) is 16.7. The molecule has 0 radical (unpaired) electrons. The molecule has 2 amide bonds. The molecule has 0 fully saturated rings. The smallest absolute Gasteiger partial charge is 0.264 e. The lowest BCUT2D eigenvalue weighted by Crippen LogP contribution is -2.20. The van der Waals surface area contributed by atoms with Crippen LogP contribution in [-0.4, -0.2) is 23.4 Å². The first-order valence-electron chi connectivity index (χ1n) is 8.69. The molecule has 3 rings (SSSR count). The Balaban J connectivity index is 1.54. The number of amides is 2. The van der Waals surface area contributed by atoms with Crippen molar-refractivity contribution in [3.05, 3.63) is 52.6 Å². The van der Waals surface area contributed by atoms with Crippen LogP contribution in [0, 0.1) is 13.8 Å². The number of hydrogen-bond acceptors (Lipinski definition) is 6. The van der Waals surface area contributed by atoms with E-state index >= 15 is 0 Å². The number of anilines is 1. The van der Waals surface area contributed by atoms with Gasteiger partial charge >= 0.3 is 0 Å². The molecular formula is C20H21N3O4S. The van der Waals surface area contributed by atoms with Crippen LogP contribution in [-0.2, 0) is 16.1 Å². The SMILES string of the molecule is CC(=O)NCc1ccc(-c2csc(NC(=O)COc3ccc(C)c(C)c3)n2)o1. The summed E-state index contributed by atoms with van der Waals surface area (Å²) in [6, 6.07) is 9.26. The number of aryl methyl sites for hydroxylation is 2. The number of ether oxygens (including phenoxy) is 1. The van der Waals surface area contributed by atoms with Crippen molar-refractivity contribution in [2.75, 3.05) is 11.9 Å². The molecule has 2 N–H and O–H groups in total. The van der Waals surface area contributed by atoms with Gasteiger partial charge in [0.15, 0.2) is 17.5 Å². The van der Waals surface area contributed by atoms with Crippen molar-refractivity contribution in [3.8, 4) is 17.2 Å². The predicted octanol–water partition coefficient (Wildman–Crippen LogP) is 3.67. The van der Waals surface area contributed by atoms with Gasteiger partial charge in [0, 0.05) is 12.3 Å². The molecule has 7 nitrogen and oxygen atoms in total. The molecule has 0 aliphatic heterocycles. The highest BCUT2D eigenvalue weighted by atomic mass is 32.1. The fourth-order valence-electron chi connectivity index (χ4n) is 2.37. The molecular weight excluding hydrogens is 378 g/mol. The zero-order valence-electron chi connectivity index (χ0n) is 15.9. The lowest BCUT2D eigenvalue weighted by atomic mass is 10.1. The summed E-state index contributed by atoms with van der Waals surface area (Å²) in [7, 11) is 0. The first-order valence-corrected chi connectivity index (χ1v) is 9.57. The standard InChI is InChI=1S/C20H21N3O4S/c1-12-4-5-15(8-13(12)2)26-10-19(25)23-20-22-17(11-28-20)18-7-6-16(27-18)9-21-14(3)24/h4-8,11H,9-10H2,1-3H3,(H,21,24)(H,22,23,25). The van der Waals surface area contributed by atoms with E-state index in [2.05, 4.69) is 15.6 Å². The molecule has 0 aliphatic carbocycles. The van der Waals surface area contributed by atoms with Crippen LogP contribution in [0.2, 0.25) is 0 Å². The van der Waals surface area contributed by atoms with E-state index in [1.54, 1.807) is 17.5 Å². The molecule has 0 unspecified atom stereocenters. The second-order valence-electron chi connectivity index (χ2n) is 6.30. The number of nitrogens with zero attached hydrogens (tertiary/aromatic N) is 1. The van der Waals surface area contributed by atoms with Gasteiger partial charge in [0.1, 0.15) is 17.2 Å². The van der Waals surface area contributed by atoms with E-state index in [0.29, 0.717) is 34.6 Å². The molecule has 2 aromatic heterocycles. The minimum Gasteiger partial charge on any atom is -0.484 e. The van der Waals surface area contributed by atoms with Gasteiger partial charge in [-0.15, -0.1) is 11.3 Å². The number of furan rings is 1. The summed E-state index contributed by atoms with van der Waals surface area (Å²) in [5, 5.41) is 7.64. The van der Waals surface area contributed by atoms with Crippen LogP contribution in [0.25, 0.3) is 11.5 Å². The first-order chi connectivity index (χ1) is 13.4. The highest BCUT2D eigenvalue weighted by molar-refractivity contribution is 7.14. The minimum absolute atomic E-state index is 0.0982. The van der Waals surface area contributed by atoms with Crippen molar-refractivity contribution in [1.82, 2.24) is 10.3 Å². The molecule has 0 spiro atoms. The number of thiazole rings is 1. The summed E-state index contributed by atoms with van der Waals surface area (Å²) < 4.78 is 11.2. The summed E-state index contributed by atoms with van der Waals surface area (Å²) in [5.41, 5.74) is 2.90. The average molecular weight is 399 g/mol. The molecule has 3 aromatic rings. The molecule has 0 saturated heterocycles. The summed E-state index contributed by atoms with van der Waals surface area (Å²) in [6.07, 6.45) is 0. The second kappa shape index (κ2) is 8.71. The molecule has 28 heavy (non-hydrogen) atoms. The summed E-state index contributed by atoms with van der Waals surface area (Å²) in [4.78, 5) is 27.4. The fourth-order valence-corrected chi connectivity index (χ4v) is 3.09. The number of rotatable bonds is 7. The normalized spacial score (nSPS) is 10.5. The lowest BCUT2D eigenvalue weighted by Gasteiger charge is -2.07. The highest BCUT2D eigenvalue weighted by Gasteiger charge is 2.12. The van der Waals surface area contributed by atoms with Crippen molar-refractivity contribution in [2.24, 2.45) is 0 Å². The molecule has 0 atom stereocenters. The van der Waals surface area contributed by atoms with Crippen LogP contribution in [0.3, 0.4) is 0 Å². The van der Waals surface area contributed by atoms with Gasteiger partial charge in [-0.3, -0.25) is 14.9 Å². The van der Waals surface area contributed by atoms with Crippen molar-refractivity contribution in [2.45, 2.75) is 27.3 Å². The summed E-state index contributed by atoms with van der Waals surface area (Å²) in [5.74, 6) is 1.44. The Kier molecular flexibility index (Phi) is 6.10. The Morgan fingerprint density at radius 2 is 2.00 bits per heavy atom. The van der Waals surface area contributed by atoms with Crippen LogP contribution in [0.5, 0.6) is 5.75 Å². The largest absolute Gasteiger partial charge is 0.484 e. The maximum absolute atomic E-state index is 12.1. The Morgan fingerprint density at radius 3 is 2.75 bits per heavy atom. The molecule has 8 heteroatoms. The number of carbonyl (C=O) groups excluding carboxylic acids is 2. The molecule has 146 valence electrons. The van der Waals surface area contributed by atoms with E-state index in [9.17, 15) is 9.59 Å². The first kappa shape index (κ1) is 19.6. The third kappa shape index (κ3) is 5.20. The van der Waals surface area contributed by atoms with Gasteiger partial charge in [-0.25, -0.2) is 4.98 Å². The minimum atomic E-state index is -0.287. The quantitative estimate of drug-likeness (QED) is 0.632. The van der Waals surface area contributed by atoms with Crippen LogP contribution >= 0.6 is 11.3 Å². The topological polar surface area (TPSA) is 93.5 Å². The number of carbonyl (C=O) groups is 2. The Bertz CT molecular complexity index is 993. The Hall–Kier alpha value is -3.13. The van der Waals surface area contributed by atoms with Crippen molar-refractivity contribution in [3.63, 3.8) is 0 Å². The Morgan fingerprint density at radius 1 is 1.18 bits per heavy atom. The average Bonchev–Trinajstić information content (AvgIpc) is 3.30. The molecule has 0 bridgehead atoms. The van der Waals surface area contributed by atoms with E-state index < -0.39 is 0 Å². The fraction of sp³-hybridized carbons (Fsp3) is 0.250. The van der Waals surface area contributed by atoms with Crippen molar-refractivity contribution < 1.29 is 18.7 Å². The van der Waals surface area contributed by atoms with Gasteiger partial charge in [0.2, 0.25) is 5.91 Å². The molecule has 0 aliphatic rings. The van der Waals surface area contributed by atoms with E-state index in [-0.39, 0.29) is 18.4 Å². The van der Waals surface area contributed by atoms with Crippen molar-refractivity contribution >= 4 is 28.3 Å². The maximum Gasteiger partial charge on any atom is 0.264 e. The third-order valence-corrected chi connectivity index (χ3v) is 4.78. The highest BCUT2D eigenvalue weighted by Crippen LogP contribution is 2.26. The third-order valence-electron chi connectivity index (χ3n) is 4.02. The van der Waals surface area contributed by atoms with Gasteiger partial charge in [-0.1, -0.05) is 6.07 Å². The number of nitrogens with one attached hydrogen (secondary N) is 2. The zero-order chi connectivity index (χ0) is 20.1. The Labute approximate surface area is 166 Å². The van der Waals surface area contributed by atoms with E-state index in [1.165, 1.54) is 23.8 Å². The van der Waals surface area contributed by atoms with E-state index in [4.69, 9.17) is 9.15 Å². The molecule has 2 heterocycles. The number of hydrogen-bond donors (Lipinski definition) is 2. The number of aromatic nitrogens is 1. The van der Waals surface area contributed by atoms with Crippen LogP contribution in [0.15, 0.2) is 40.1 Å². The van der Waals surface area contributed by atoms with Crippen LogP contribution in [0.1, 0.15) is 23.8 Å². The predicted molar refractivity (Wildman–Crippen MR) is 107 cm³/mol. The summed E-state index contributed by atoms with van der Waals surface area (Å²) in [6.45, 7) is 5.68. The van der Waals surface area contributed by atoms with Gasteiger partial charge < -0.3 is 14.5 Å². The van der Waals surface area contributed by atoms with E-state index in [0.717, 1.165) is 5.56 Å². The molecule has 1 aromatic carbocycles. The molecule has 0 saturated carbocycles. The van der Waals surface area contributed by atoms with Gasteiger partial charge in [-0.2, -0.15) is 0 Å².